The molecule has 1 fully saturated rings. The number of nitrogens with one attached hydrogen (secondary N) is 1. The van der Waals surface area contributed by atoms with Crippen LogP contribution in [-0.2, 0) is 10.0 Å². The van der Waals surface area contributed by atoms with Crippen molar-refractivity contribution in [3.63, 3.8) is 0 Å². The molecular weight excluding hydrogens is 286 g/mol. The van der Waals surface area contributed by atoms with Crippen LogP contribution >= 0.6 is 0 Å². The Kier molecular flexibility index (Phi) is 5.58. The van der Waals surface area contributed by atoms with Crippen LogP contribution in [0.5, 0.6) is 0 Å². The first-order chi connectivity index (χ1) is 10.1. The fourth-order valence-electron chi connectivity index (χ4n) is 2.71. The van der Waals surface area contributed by atoms with E-state index < -0.39 is 10.0 Å². The molecule has 0 spiro atoms. The molecule has 0 amide bonds. The molecule has 1 aliphatic heterocycles. The van der Waals surface area contributed by atoms with Gasteiger partial charge in [-0.1, -0.05) is 19.8 Å². The summed E-state index contributed by atoms with van der Waals surface area (Å²) in [5.41, 5.74) is 0.607. The van der Waals surface area contributed by atoms with Crippen LogP contribution < -0.4 is 5.32 Å². The lowest BCUT2D eigenvalue weighted by molar-refractivity contribution is 0.341. The number of anilines is 1. The minimum Gasteiger partial charge on any atom is -0.383 e. The molecule has 1 aliphatic rings. The Morgan fingerprint density at radius 2 is 2.19 bits per heavy atom. The molecule has 21 heavy (non-hydrogen) atoms. The largest absolute Gasteiger partial charge is 0.383 e. The summed E-state index contributed by atoms with van der Waals surface area (Å²) in [4.78, 5) is 4.15. The fourth-order valence-corrected chi connectivity index (χ4v) is 4.49. The van der Waals surface area contributed by atoms with Crippen molar-refractivity contribution in [2.45, 2.75) is 57.0 Å². The summed E-state index contributed by atoms with van der Waals surface area (Å²) in [6.45, 7) is 5.37. The van der Waals surface area contributed by atoms with Crippen LogP contribution in [0.1, 0.15) is 46.0 Å². The Bertz CT molecular complexity index is 560. The van der Waals surface area contributed by atoms with Crippen LogP contribution in [0, 0.1) is 0 Å². The third-order valence-corrected chi connectivity index (χ3v) is 5.86. The number of hydrogen-bond donors (Lipinski definition) is 1. The molecule has 1 saturated heterocycles. The Balaban J connectivity index is 2.34. The van der Waals surface area contributed by atoms with E-state index in [0.29, 0.717) is 12.2 Å². The van der Waals surface area contributed by atoms with Gasteiger partial charge in [0.05, 0.1) is 5.69 Å². The van der Waals surface area contributed by atoms with Crippen LogP contribution in [0.3, 0.4) is 0 Å². The summed E-state index contributed by atoms with van der Waals surface area (Å²) in [5, 5.41) is 3.33. The number of rotatable bonds is 5. The van der Waals surface area contributed by atoms with E-state index >= 15 is 0 Å². The molecule has 0 saturated carbocycles. The van der Waals surface area contributed by atoms with Crippen molar-refractivity contribution in [1.29, 1.82) is 0 Å². The van der Waals surface area contributed by atoms with Crippen molar-refractivity contribution in [3.05, 3.63) is 18.3 Å². The Labute approximate surface area is 127 Å². The molecule has 6 heteroatoms. The van der Waals surface area contributed by atoms with Crippen molar-refractivity contribution in [1.82, 2.24) is 9.29 Å². The van der Waals surface area contributed by atoms with E-state index in [0.717, 1.165) is 38.6 Å². The van der Waals surface area contributed by atoms with Gasteiger partial charge in [-0.3, -0.25) is 0 Å². The van der Waals surface area contributed by atoms with Gasteiger partial charge >= 0.3 is 0 Å². The van der Waals surface area contributed by atoms with Crippen molar-refractivity contribution in [3.8, 4) is 0 Å². The van der Waals surface area contributed by atoms with Crippen molar-refractivity contribution in [2.24, 2.45) is 0 Å². The van der Waals surface area contributed by atoms with Crippen LogP contribution in [0.25, 0.3) is 0 Å². The highest BCUT2D eigenvalue weighted by molar-refractivity contribution is 7.89. The van der Waals surface area contributed by atoms with Crippen molar-refractivity contribution < 1.29 is 8.42 Å². The number of sulfonamides is 1. The highest BCUT2D eigenvalue weighted by Crippen LogP contribution is 2.27. The normalized spacial score (nSPS) is 21.0. The third kappa shape index (κ3) is 3.74. The molecular formula is C15H25N3O2S. The van der Waals surface area contributed by atoms with Gasteiger partial charge in [0.1, 0.15) is 0 Å². The average molecular weight is 311 g/mol. The van der Waals surface area contributed by atoms with Gasteiger partial charge in [-0.15, -0.1) is 0 Å². The van der Waals surface area contributed by atoms with Gasteiger partial charge < -0.3 is 5.32 Å². The minimum absolute atomic E-state index is 0.0403. The number of pyridine rings is 1. The zero-order valence-corrected chi connectivity index (χ0v) is 13.7. The first kappa shape index (κ1) is 16.2. The Hall–Kier alpha value is -1.14. The predicted octanol–water partition coefficient (Wildman–Crippen LogP) is 2.86. The summed E-state index contributed by atoms with van der Waals surface area (Å²) in [6.07, 6.45) is 6.52. The Morgan fingerprint density at radius 3 is 2.95 bits per heavy atom. The predicted molar refractivity (Wildman–Crippen MR) is 84.8 cm³/mol. The molecule has 0 aliphatic carbocycles. The molecule has 1 aromatic rings. The second-order valence-electron chi connectivity index (χ2n) is 5.60. The lowest BCUT2D eigenvalue weighted by Gasteiger charge is -2.26. The van der Waals surface area contributed by atoms with E-state index in [4.69, 9.17) is 0 Å². The summed E-state index contributed by atoms with van der Waals surface area (Å²) in [5.74, 6) is 0. The topological polar surface area (TPSA) is 62.3 Å². The van der Waals surface area contributed by atoms with Crippen LogP contribution in [0.2, 0.25) is 0 Å². The number of nitrogens with zero attached hydrogens (tertiary/aromatic N) is 2. The first-order valence-corrected chi connectivity index (χ1v) is 9.22. The molecule has 0 aromatic carbocycles. The molecule has 1 aromatic heterocycles. The van der Waals surface area contributed by atoms with Crippen molar-refractivity contribution >= 4 is 15.7 Å². The quantitative estimate of drug-likeness (QED) is 0.908. The summed E-state index contributed by atoms with van der Waals surface area (Å²) < 4.78 is 27.5. The lowest BCUT2D eigenvalue weighted by Crippen LogP contribution is -2.38. The van der Waals surface area contributed by atoms with E-state index in [-0.39, 0.29) is 11.1 Å². The van der Waals surface area contributed by atoms with E-state index in [2.05, 4.69) is 17.2 Å². The molecule has 1 N–H and O–H groups in total. The highest BCUT2D eigenvalue weighted by atomic mass is 32.2. The molecule has 5 nitrogen and oxygen atoms in total. The maximum absolute atomic E-state index is 13.0. The number of aromatic nitrogens is 1. The van der Waals surface area contributed by atoms with Crippen LogP contribution in [-0.4, -0.2) is 36.8 Å². The molecule has 2 rings (SSSR count). The average Bonchev–Trinajstić information content (AvgIpc) is 2.70. The van der Waals surface area contributed by atoms with Gasteiger partial charge in [-0.2, -0.15) is 4.31 Å². The summed E-state index contributed by atoms with van der Waals surface area (Å²) in [6, 6.07) is 3.60. The SMILES string of the molecule is CCCNc1cccnc1S(=O)(=O)N1CCCCCC1C. The van der Waals surface area contributed by atoms with Crippen LogP contribution in [0.15, 0.2) is 23.4 Å². The molecule has 0 bridgehead atoms. The Morgan fingerprint density at radius 1 is 1.38 bits per heavy atom. The van der Waals surface area contributed by atoms with Crippen molar-refractivity contribution in [2.75, 3.05) is 18.4 Å². The van der Waals surface area contributed by atoms with E-state index in [1.165, 1.54) is 0 Å². The molecule has 2 heterocycles. The summed E-state index contributed by atoms with van der Waals surface area (Å²) >= 11 is 0. The van der Waals surface area contributed by atoms with Gasteiger partial charge in [-0.25, -0.2) is 13.4 Å². The molecule has 1 unspecified atom stereocenters. The van der Waals surface area contributed by atoms with Gasteiger partial charge in [-0.05, 0) is 38.3 Å². The van der Waals surface area contributed by atoms with Crippen LogP contribution in [0.4, 0.5) is 5.69 Å². The standard InChI is InChI=1S/C15H25N3O2S/c1-3-10-16-14-9-7-11-17-15(14)21(19,20)18-12-6-4-5-8-13(18)2/h7,9,11,13,16H,3-6,8,10,12H2,1-2H3. The zero-order valence-electron chi connectivity index (χ0n) is 12.9. The third-order valence-electron chi connectivity index (χ3n) is 3.88. The number of hydrogen-bond acceptors (Lipinski definition) is 4. The second kappa shape index (κ2) is 7.22. The minimum atomic E-state index is -3.54. The molecule has 118 valence electrons. The van der Waals surface area contributed by atoms with E-state index in [9.17, 15) is 8.42 Å². The highest BCUT2D eigenvalue weighted by Gasteiger charge is 2.32. The molecule has 1 atom stereocenters. The molecule has 0 radical (unpaired) electrons. The lowest BCUT2D eigenvalue weighted by atomic mass is 10.1. The maximum Gasteiger partial charge on any atom is 0.262 e. The fraction of sp³-hybridized carbons (Fsp3) is 0.667. The van der Waals surface area contributed by atoms with Gasteiger partial charge in [0.2, 0.25) is 0 Å². The van der Waals surface area contributed by atoms with Gasteiger partial charge in [0.25, 0.3) is 10.0 Å². The maximum atomic E-state index is 13.0. The van der Waals surface area contributed by atoms with E-state index in [1.54, 1.807) is 22.6 Å². The van der Waals surface area contributed by atoms with Gasteiger partial charge in [0.15, 0.2) is 5.03 Å². The second-order valence-corrected chi connectivity index (χ2v) is 7.40. The monoisotopic (exact) mass is 311 g/mol. The zero-order chi connectivity index (χ0) is 15.3. The van der Waals surface area contributed by atoms with Gasteiger partial charge in [0, 0.05) is 25.3 Å². The first-order valence-electron chi connectivity index (χ1n) is 7.78. The van der Waals surface area contributed by atoms with E-state index in [1.807, 2.05) is 6.92 Å². The summed E-state index contributed by atoms with van der Waals surface area (Å²) in [7, 11) is -3.54. The smallest absolute Gasteiger partial charge is 0.262 e.